The normalized spacial score (nSPS) is 13.3. The molecule has 33 heavy (non-hydrogen) atoms. The number of aliphatic hydroxyl groups excluding tert-OH is 1. The Kier molecular flexibility index (Phi) is 5.75. The molecular formula is C25H22N6O2. The lowest BCUT2D eigenvalue weighted by atomic mass is 10.1. The van der Waals surface area contributed by atoms with E-state index in [-0.39, 0.29) is 12.3 Å². The van der Waals surface area contributed by atoms with Crippen LogP contribution in [0.1, 0.15) is 23.0 Å². The second kappa shape index (κ2) is 9.15. The highest BCUT2D eigenvalue weighted by molar-refractivity contribution is 5.99. The van der Waals surface area contributed by atoms with Crippen molar-refractivity contribution in [1.82, 2.24) is 20.3 Å². The molecule has 5 rings (SSSR count). The van der Waals surface area contributed by atoms with Gasteiger partial charge in [-0.2, -0.15) is 0 Å². The van der Waals surface area contributed by atoms with Crippen molar-refractivity contribution in [2.75, 3.05) is 10.6 Å². The van der Waals surface area contributed by atoms with Crippen LogP contribution in [0.4, 0.5) is 17.3 Å². The van der Waals surface area contributed by atoms with Crippen molar-refractivity contribution >= 4 is 23.2 Å². The van der Waals surface area contributed by atoms with Gasteiger partial charge in [0.25, 0.3) is 0 Å². The summed E-state index contributed by atoms with van der Waals surface area (Å²) in [6.07, 6.45) is 2.82. The summed E-state index contributed by atoms with van der Waals surface area (Å²) in [4.78, 5) is 25.5. The lowest BCUT2D eigenvalue weighted by Gasteiger charge is -2.14. The van der Waals surface area contributed by atoms with E-state index in [4.69, 9.17) is 0 Å². The van der Waals surface area contributed by atoms with Gasteiger partial charge in [-0.15, -0.1) is 0 Å². The first kappa shape index (κ1) is 20.7. The van der Waals surface area contributed by atoms with Crippen LogP contribution < -0.4 is 16.0 Å². The van der Waals surface area contributed by atoms with E-state index in [0.29, 0.717) is 12.5 Å². The van der Waals surface area contributed by atoms with Crippen LogP contribution in [0.15, 0.2) is 79.1 Å². The van der Waals surface area contributed by atoms with E-state index in [1.54, 1.807) is 12.4 Å². The summed E-state index contributed by atoms with van der Waals surface area (Å²) < 4.78 is 0. The summed E-state index contributed by atoms with van der Waals surface area (Å²) in [6.45, 7) is 0.462. The van der Waals surface area contributed by atoms with E-state index in [1.807, 2.05) is 66.7 Å². The number of hydrogen-bond donors (Lipinski definition) is 4. The Bertz CT molecular complexity index is 1280. The standard InChI is InChI=1S/C25H22N6O2/c32-22-13-17-14-28-25(31-23(17)20-6-1-2-7-21(20)30-22)29-18-10-8-16(9-11-18)24(33)27-15-19-5-3-4-12-26-19/h1-12,14,24,27,33H,13,15H2,(H,30,32)(H,28,29,31). The predicted molar refractivity (Wildman–Crippen MR) is 126 cm³/mol. The van der Waals surface area contributed by atoms with Crippen LogP contribution in [0, 0.1) is 0 Å². The van der Waals surface area contributed by atoms with Crippen molar-refractivity contribution in [3.8, 4) is 11.3 Å². The smallest absolute Gasteiger partial charge is 0.228 e. The van der Waals surface area contributed by atoms with Gasteiger partial charge in [0.15, 0.2) is 0 Å². The molecule has 0 fully saturated rings. The molecule has 8 heteroatoms. The van der Waals surface area contributed by atoms with Crippen LogP contribution in [-0.4, -0.2) is 26.0 Å². The summed E-state index contributed by atoms with van der Waals surface area (Å²) in [5.74, 6) is 0.343. The second-order valence-corrected chi connectivity index (χ2v) is 7.69. The number of nitrogens with one attached hydrogen (secondary N) is 3. The Morgan fingerprint density at radius 3 is 2.64 bits per heavy atom. The molecule has 1 atom stereocenters. The van der Waals surface area contributed by atoms with Gasteiger partial charge in [-0.3, -0.25) is 15.1 Å². The summed E-state index contributed by atoms with van der Waals surface area (Å²) in [5.41, 5.74) is 5.48. The van der Waals surface area contributed by atoms with Gasteiger partial charge in [0, 0.05) is 35.8 Å². The van der Waals surface area contributed by atoms with Gasteiger partial charge in [0.1, 0.15) is 6.23 Å². The molecule has 3 heterocycles. The van der Waals surface area contributed by atoms with Crippen LogP contribution in [0.2, 0.25) is 0 Å². The fourth-order valence-corrected chi connectivity index (χ4v) is 3.70. The first-order valence-corrected chi connectivity index (χ1v) is 10.6. The van der Waals surface area contributed by atoms with Gasteiger partial charge in [-0.1, -0.05) is 36.4 Å². The van der Waals surface area contributed by atoms with Crippen molar-refractivity contribution in [3.05, 3.63) is 95.9 Å². The molecule has 0 bridgehead atoms. The molecule has 0 radical (unpaired) electrons. The molecule has 164 valence electrons. The average molecular weight is 438 g/mol. The molecule has 2 aromatic carbocycles. The highest BCUT2D eigenvalue weighted by Gasteiger charge is 2.20. The zero-order valence-electron chi connectivity index (χ0n) is 17.7. The number of nitrogens with zero attached hydrogens (tertiary/aromatic N) is 3. The average Bonchev–Trinajstić information content (AvgIpc) is 2.99. The number of pyridine rings is 1. The molecule has 4 aromatic rings. The van der Waals surface area contributed by atoms with Crippen molar-refractivity contribution < 1.29 is 9.90 Å². The van der Waals surface area contributed by atoms with Crippen LogP contribution in [0.3, 0.4) is 0 Å². The minimum atomic E-state index is -0.814. The number of hydrogen-bond acceptors (Lipinski definition) is 7. The van der Waals surface area contributed by atoms with E-state index in [9.17, 15) is 9.90 Å². The quantitative estimate of drug-likeness (QED) is 0.341. The number of aromatic nitrogens is 3. The Labute approximate surface area is 190 Å². The van der Waals surface area contributed by atoms with Gasteiger partial charge in [0.05, 0.1) is 23.5 Å². The van der Waals surface area contributed by atoms with Crippen LogP contribution in [0.5, 0.6) is 0 Å². The zero-order chi connectivity index (χ0) is 22.6. The Hall–Kier alpha value is -4.14. The number of carbonyl (C=O) groups excluding carboxylic acids is 1. The molecule has 1 amide bonds. The number of rotatable bonds is 6. The van der Waals surface area contributed by atoms with Crippen LogP contribution in [-0.2, 0) is 17.8 Å². The largest absolute Gasteiger partial charge is 0.374 e. The summed E-state index contributed by atoms with van der Waals surface area (Å²) in [7, 11) is 0. The molecule has 8 nitrogen and oxygen atoms in total. The van der Waals surface area contributed by atoms with E-state index in [1.165, 1.54) is 0 Å². The SMILES string of the molecule is O=C1Cc2cnc(Nc3ccc(C(O)NCc4ccccn4)cc3)nc2-c2ccccc2N1. The van der Waals surface area contributed by atoms with Crippen molar-refractivity contribution in [3.63, 3.8) is 0 Å². The first-order valence-electron chi connectivity index (χ1n) is 10.6. The summed E-state index contributed by atoms with van der Waals surface area (Å²) in [5, 5.41) is 19.6. The fourth-order valence-electron chi connectivity index (χ4n) is 3.70. The third-order valence-electron chi connectivity index (χ3n) is 5.36. The minimum absolute atomic E-state index is 0.0867. The van der Waals surface area contributed by atoms with Crippen LogP contribution >= 0.6 is 0 Å². The lowest BCUT2D eigenvalue weighted by molar-refractivity contribution is -0.115. The number of anilines is 3. The molecule has 0 saturated heterocycles. The molecule has 1 aliphatic heterocycles. The highest BCUT2D eigenvalue weighted by Crippen LogP contribution is 2.32. The number of aliphatic hydroxyl groups is 1. The zero-order valence-corrected chi connectivity index (χ0v) is 17.7. The van der Waals surface area contributed by atoms with E-state index < -0.39 is 6.23 Å². The maximum Gasteiger partial charge on any atom is 0.228 e. The van der Waals surface area contributed by atoms with Crippen molar-refractivity contribution in [1.29, 1.82) is 0 Å². The molecular weight excluding hydrogens is 416 g/mol. The van der Waals surface area contributed by atoms with E-state index in [2.05, 4.69) is 30.9 Å². The number of amides is 1. The number of fused-ring (bicyclic) bond motifs is 3. The fraction of sp³-hybridized carbons (Fsp3) is 0.120. The number of para-hydroxylation sites is 1. The monoisotopic (exact) mass is 438 g/mol. The van der Waals surface area contributed by atoms with Crippen molar-refractivity contribution in [2.45, 2.75) is 19.2 Å². The summed E-state index contributed by atoms with van der Waals surface area (Å²) in [6, 6.07) is 20.6. The molecule has 1 aliphatic rings. The molecule has 2 aromatic heterocycles. The topological polar surface area (TPSA) is 112 Å². The molecule has 4 N–H and O–H groups in total. The van der Waals surface area contributed by atoms with Crippen LogP contribution in [0.25, 0.3) is 11.3 Å². The number of benzene rings is 2. The molecule has 1 unspecified atom stereocenters. The molecule has 0 aliphatic carbocycles. The minimum Gasteiger partial charge on any atom is -0.374 e. The maximum absolute atomic E-state index is 12.2. The Balaban J connectivity index is 1.31. The van der Waals surface area contributed by atoms with E-state index >= 15 is 0 Å². The Morgan fingerprint density at radius 2 is 1.82 bits per heavy atom. The van der Waals surface area contributed by atoms with Gasteiger partial charge in [-0.05, 0) is 35.9 Å². The predicted octanol–water partition coefficient (Wildman–Crippen LogP) is 3.56. The molecule has 0 saturated carbocycles. The summed E-state index contributed by atoms with van der Waals surface area (Å²) >= 11 is 0. The van der Waals surface area contributed by atoms with Crippen molar-refractivity contribution in [2.24, 2.45) is 0 Å². The molecule has 0 spiro atoms. The lowest BCUT2D eigenvalue weighted by Crippen LogP contribution is -2.20. The maximum atomic E-state index is 12.2. The van der Waals surface area contributed by atoms with Gasteiger partial charge < -0.3 is 15.7 Å². The van der Waals surface area contributed by atoms with Gasteiger partial charge in [0.2, 0.25) is 11.9 Å². The Morgan fingerprint density at radius 1 is 1.00 bits per heavy atom. The third kappa shape index (κ3) is 4.72. The second-order valence-electron chi connectivity index (χ2n) is 7.69. The number of carbonyl (C=O) groups is 1. The van der Waals surface area contributed by atoms with Gasteiger partial charge >= 0.3 is 0 Å². The van der Waals surface area contributed by atoms with E-state index in [0.717, 1.165) is 39.5 Å². The third-order valence-corrected chi connectivity index (χ3v) is 5.36. The first-order chi connectivity index (χ1) is 16.2. The van der Waals surface area contributed by atoms with Gasteiger partial charge in [-0.25, -0.2) is 9.97 Å². The highest BCUT2D eigenvalue weighted by atomic mass is 16.3.